The molecule has 0 spiro atoms. The summed E-state index contributed by atoms with van der Waals surface area (Å²) in [7, 11) is 0. The number of rotatable bonds is 8. The second-order valence-electron chi connectivity index (χ2n) is 9.29. The number of para-hydroxylation sites is 1. The minimum atomic E-state index is -5.82. The Labute approximate surface area is 236 Å². The first-order valence-corrected chi connectivity index (χ1v) is 13.4. The van der Waals surface area contributed by atoms with Crippen molar-refractivity contribution in [3.05, 3.63) is 90.3 Å². The van der Waals surface area contributed by atoms with E-state index in [4.69, 9.17) is 0 Å². The van der Waals surface area contributed by atoms with E-state index in [0.717, 1.165) is 34.4 Å². The third-order valence-corrected chi connectivity index (χ3v) is 7.04. The first-order valence-electron chi connectivity index (χ1n) is 12.4. The number of alkyl halides is 5. The molecule has 1 saturated heterocycles. The molecule has 1 aromatic heterocycles. The van der Waals surface area contributed by atoms with Crippen molar-refractivity contribution in [2.45, 2.75) is 32.1 Å². The summed E-state index contributed by atoms with van der Waals surface area (Å²) in [6, 6.07) is 20.2. The van der Waals surface area contributed by atoms with Crippen LogP contribution in [0, 0.1) is 0 Å². The molecule has 0 atom stereocenters. The van der Waals surface area contributed by atoms with E-state index in [1.165, 1.54) is 28.7 Å². The average molecular weight is 587 g/mol. The number of anilines is 1. The molecule has 13 heteroatoms. The molecule has 0 saturated carbocycles. The third-order valence-electron chi connectivity index (χ3n) is 6.09. The summed E-state index contributed by atoms with van der Waals surface area (Å²) >= 11 is 1.63. The number of ether oxygens (including phenoxy) is 1. The molecule has 1 aliphatic heterocycles. The Balaban J connectivity index is 1.22. The minimum Gasteiger partial charge on any atom is -0.426 e. The Morgan fingerprint density at radius 2 is 1.66 bits per heavy atom. The Hall–Kier alpha value is -4.26. The van der Waals surface area contributed by atoms with E-state index in [2.05, 4.69) is 55.9 Å². The number of aromatic nitrogens is 3. The van der Waals surface area contributed by atoms with Gasteiger partial charge >= 0.3 is 12.3 Å². The Bertz CT molecular complexity index is 1570. The van der Waals surface area contributed by atoms with Gasteiger partial charge in [-0.1, -0.05) is 68.1 Å². The van der Waals surface area contributed by atoms with Gasteiger partial charge in [0.15, 0.2) is 11.0 Å². The van der Waals surface area contributed by atoms with Gasteiger partial charge in [-0.3, -0.25) is 0 Å². The summed E-state index contributed by atoms with van der Waals surface area (Å²) in [5.74, 6) is 0.965. The lowest BCUT2D eigenvalue weighted by Crippen LogP contribution is -2.41. The first-order chi connectivity index (χ1) is 19.5. The van der Waals surface area contributed by atoms with Gasteiger partial charge in [0, 0.05) is 11.3 Å². The van der Waals surface area contributed by atoms with E-state index in [-0.39, 0.29) is 0 Å². The first kappa shape index (κ1) is 28.3. The van der Waals surface area contributed by atoms with Gasteiger partial charge in [-0.25, -0.2) is 9.67 Å². The van der Waals surface area contributed by atoms with Crippen molar-refractivity contribution < 1.29 is 26.7 Å². The lowest BCUT2D eigenvalue weighted by molar-refractivity contribution is -0.360. The van der Waals surface area contributed by atoms with Gasteiger partial charge in [0.1, 0.15) is 12.1 Å². The molecule has 7 nitrogen and oxygen atoms in total. The molecule has 4 aromatic rings. The molecule has 0 radical (unpaired) electrons. The maximum atomic E-state index is 13.1. The molecule has 1 fully saturated rings. The van der Waals surface area contributed by atoms with Gasteiger partial charge in [-0.2, -0.15) is 27.1 Å². The molecule has 0 bridgehead atoms. The predicted octanol–water partition coefficient (Wildman–Crippen LogP) is 7.49. The van der Waals surface area contributed by atoms with E-state index >= 15 is 0 Å². The number of amidine groups is 1. The van der Waals surface area contributed by atoms with Crippen LogP contribution in [0.1, 0.15) is 30.9 Å². The number of hydrogen-bond acceptors (Lipinski definition) is 6. The molecule has 0 aliphatic carbocycles. The number of nitrogens with zero attached hydrogens (tertiary/aromatic N) is 6. The maximum Gasteiger partial charge on any atom is 0.499 e. The Morgan fingerprint density at radius 1 is 0.951 bits per heavy atom. The van der Waals surface area contributed by atoms with E-state index in [1.54, 1.807) is 18.0 Å². The molecule has 41 heavy (non-hydrogen) atoms. The fraction of sp³-hybridized carbons (Fsp3) is 0.214. The van der Waals surface area contributed by atoms with Crippen LogP contribution in [-0.2, 0) is 0 Å². The van der Waals surface area contributed by atoms with E-state index in [9.17, 15) is 22.0 Å². The lowest BCUT2D eigenvalue weighted by Gasteiger charge is -2.34. The number of halogens is 5. The Morgan fingerprint density at radius 3 is 2.29 bits per heavy atom. The number of hydrogen-bond donors (Lipinski definition) is 0. The monoisotopic (exact) mass is 586 g/mol. The molecular formula is C28H23F5N6OS. The number of thioether (sulfide) groups is 1. The third kappa shape index (κ3) is 6.24. The normalized spacial score (nSPS) is 15.1. The van der Waals surface area contributed by atoms with Crippen LogP contribution in [0.15, 0.2) is 89.3 Å². The van der Waals surface area contributed by atoms with Crippen molar-refractivity contribution in [3.63, 3.8) is 0 Å². The van der Waals surface area contributed by atoms with Crippen LogP contribution in [0.4, 0.5) is 27.6 Å². The van der Waals surface area contributed by atoms with Crippen molar-refractivity contribution in [1.82, 2.24) is 14.8 Å². The van der Waals surface area contributed by atoms with Crippen LogP contribution in [0.25, 0.3) is 17.1 Å². The molecule has 3 aromatic carbocycles. The van der Waals surface area contributed by atoms with Crippen molar-refractivity contribution in [2.24, 2.45) is 10.2 Å². The molecule has 2 heterocycles. The van der Waals surface area contributed by atoms with Gasteiger partial charge in [0.05, 0.1) is 17.8 Å². The molecule has 0 unspecified atom stereocenters. The lowest BCUT2D eigenvalue weighted by atomic mass is 10.0. The molecule has 5 rings (SSSR count). The van der Waals surface area contributed by atoms with Crippen molar-refractivity contribution in [2.75, 3.05) is 10.8 Å². The highest BCUT2D eigenvalue weighted by Crippen LogP contribution is 2.38. The van der Waals surface area contributed by atoms with Crippen LogP contribution in [-0.4, -0.2) is 44.3 Å². The van der Waals surface area contributed by atoms with Crippen LogP contribution >= 0.6 is 11.8 Å². The van der Waals surface area contributed by atoms with Gasteiger partial charge < -0.3 is 9.64 Å². The summed E-state index contributed by atoms with van der Waals surface area (Å²) < 4.78 is 68.5. The van der Waals surface area contributed by atoms with E-state index < -0.39 is 18.0 Å². The zero-order valence-corrected chi connectivity index (χ0v) is 22.6. The zero-order valence-electron chi connectivity index (χ0n) is 21.8. The molecule has 0 amide bonds. The van der Waals surface area contributed by atoms with Gasteiger partial charge in [0.25, 0.3) is 0 Å². The van der Waals surface area contributed by atoms with Gasteiger partial charge in [0.2, 0.25) is 0 Å². The minimum absolute atomic E-state index is 0.392. The largest absolute Gasteiger partial charge is 0.499 e. The summed E-state index contributed by atoms with van der Waals surface area (Å²) in [4.78, 5) is 6.39. The molecule has 212 valence electrons. The highest BCUT2D eigenvalue weighted by Gasteiger charge is 2.61. The second-order valence-corrected chi connectivity index (χ2v) is 10.2. The number of benzene rings is 3. The highest BCUT2D eigenvalue weighted by molar-refractivity contribution is 8.16. The molecule has 0 N–H and O–H groups in total. The predicted molar refractivity (Wildman–Crippen MR) is 149 cm³/mol. The van der Waals surface area contributed by atoms with Crippen LogP contribution in [0.5, 0.6) is 5.75 Å². The van der Waals surface area contributed by atoms with E-state index in [0.29, 0.717) is 23.0 Å². The summed E-state index contributed by atoms with van der Waals surface area (Å²) in [5, 5.41) is 13.8. The topological polar surface area (TPSA) is 67.9 Å². The second kappa shape index (κ2) is 11.3. The van der Waals surface area contributed by atoms with Crippen LogP contribution < -0.4 is 9.64 Å². The fourth-order valence-electron chi connectivity index (χ4n) is 3.92. The van der Waals surface area contributed by atoms with Crippen molar-refractivity contribution >= 4 is 28.8 Å². The van der Waals surface area contributed by atoms with Crippen molar-refractivity contribution in [1.29, 1.82) is 0 Å². The van der Waals surface area contributed by atoms with Gasteiger partial charge in [-0.05, 0) is 47.4 Å². The van der Waals surface area contributed by atoms with Gasteiger partial charge in [-0.15, -0.1) is 10.2 Å². The fourth-order valence-corrected chi connectivity index (χ4v) is 4.64. The SMILES string of the molecule is CC(C)c1ccccc1N1CS/C1=N\N=C\c1ccc(-c2ncn(-c3ccc(OC(F)(F)C(F)(F)F)cc3)n2)cc1. The van der Waals surface area contributed by atoms with Crippen LogP contribution in [0.3, 0.4) is 0 Å². The quantitative estimate of drug-likeness (QED) is 0.122. The standard InChI is InChI=1S/C28H23F5N6OS/c1-18(2)23-5-3-4-6-24(23)38-17-41-26(38)36-35-15-19-7-9-20(10-8-19)25-34-16-39(37-25)21-11-13-22(14-12-21)40-28(32,33)27(29,30)31/h3-16,18H,17H2,1-2H3/b35-15+,36-26-. The average Bonchev–Trinajstić information content (AvgIpc) is 3.41. The smallest absolute Gasteiger partial charge is 0.426 e. The molecule has 1 aliphatic rings. The summed E-state index contributed by atoms with van der Waals surface area (Å²) in [6.45, 7) is 4.32. The summed E-state index contributed by atoms with van der Waals surface area (Å²) in [5.41, 5.74) is 4.32. The summed E-state index contributed by atoms with van der Waals surface area (Å²) in [6.07, 6.45) is -8.06. The van der Waals surface area contributed by atoms with Crippen molar-refractivity contribution in [3.8, 4) is 22.8 Å². The zero-order chi connectivity index (χ0) is 29.2. The highest BCUT2D eigenvalue weighted by atomic mass is 32.2. The maximum absolute atomic E-state index is 13.1. The molecular weight excluding hydrogens is 563 g/mol. The Kier molecular flexibility index (Phi) is 7.80. The van der Waals surface area contributed by atoms with Crippen LogP contribution in [0.2, 0.25) is 0 Å². The van der Waals surface area contributed by atoms with E-state index in [1.807, 2.05) is 36.4 Å².